The summed E-state index contributed by atoms with van der Waals surface area (Å²) in [6.07, 6.45) is -16.8. The maximum atomic E-state index is 11.9. The molecule has 0 aromatic heterocycles. The van der Waals surface area contributed by atoms with Crippen molar-refractivity contribution in [2.45, 2.75) is 87.5 Å². The first-order valence-corrected chi connectivity index (χ1v) is 14.7. The van der Waals surface area contributed by atoms with E-state index in [0.717, 1.165) is 6.92 Å². The number of unbranched alkanes of at least 4 members (excludes halogenated alkanes) is 2. The SMILES string of the molecule is CC([O-])=N[C@H]1[C@H](O[C@H]2[C@H](O)[C@@H](O)[C@H](OCCCCCN)O[C@@H]2C(=O)[O-])O[C@H](COS(=O)(=O)O)[C@H](OS(=O)(=O)O)[C@@H]1O. The highest BCUT2D eigenvalue weighted by Gasteiger charge is 2.53. The van der Waals surface area contributed by atoms with Crippen molar-refractivity contribution in [3.05, 3.63) is 0 Å². The quantitative estimate of drug-likeness (QED) is 0.0419. The second kappa shape index (κ2) is 15.2. The highest BCUT2D eigenvalue weighted by molar-refractivity contribution is 7.81. The largest absolute Gasteiger partial charge is 0.862 e. The van der Waals surface area contributed by atoms with Gasteiger partial charge in [-0.05, 0) is 38.6 Å². The average molecular weight is 641 g/mol. The van der Waals surface area contributed by atoms with Crippen molar-refractivity contribution in [3.63, 3.8) is 0 Å². The smallest absolute Gasteiger partial charge is 0.397 e. The Morgan fingerprint density at radius 3 is 2.12 bits per heavy atom. The fourth-order valence-corrected chi connectivity index (χ4v) is 4.83. The first-order chi connectivity index (χ1) is 18.9. The number of nitrogens with zero attached hydrogens (tertiary/aromatic N) is 1. The van der Waals surface area contributed by atoms with Crippen LogP contribution in [0, 0.1) is 0 Å². The van der Waals surface area contributed by atoms with E-state index in [1.807, 2.05) is 0 Å². The van der Waals surface area contributed by atoms with Crippen molar-refractivity contribution in [1.29, 1.82) is 0 Å². The Labute approximate surface area is 234 Å². The van der Waals surface area contributed by atoms with Gasteiger partial charge in [-0.3, -0.25) is 14.1 Å². The zero-order chi connectivity index (χ0) is 31.1. The number of rotatable bonds is 15. The Kier molecular flexibility index (Phi) is 13.2. The number of nitrogens with two attached hydrogens (primary N) is 1. The van der Waals surface area contributed by atoms with Gasteiger partial charge in [-0.2, -0.15) is 16.8 Å². The van der Waals surface area contributed by atoms with Gasteiger partial charge >= 0.3 is 20.8 Å². The van der Waals surface area contributed by atoms with Crippen LogP contribution in [0.1, 0.15) is 26.2 Å². The average Bonchev–Trinajstić information content (AvgIpc) is 2.84. The van der Waals surface area contributed by atoms with Crippen LogP contribution in [0.15, 0.2) is 4.99 Å². The van der Waals surface area contributed by atoms with E-state index < -0.39 is 101 Å². The van der Waals surface area contributed by atoms with E-state index in [1.54, 1.807) is 0 Å². The Morgan fingerprint density at radius 2 is 1.59 bits per heavy atom. The number of aliphatic hydroxyl groups is 3. The zero-order valence-corrected chi connectivity index (χ0v) is 23.0. The van der Waals surface area contributed by atoms with E-state index in [-0.39, 0.29) is 6.61 Å². The van der Waals surface area contributed by atoms with E-state index in [1.165, 1.54) is 0 Å². The number of carboxylic acids is 1. The predicted molar refractivity (Wildman–Crippen MR) is 125 cm³/mol. The molecule has 0 spiro atoms. The lowest BCUT2D eigenvalue weighted by atomic mass is 9.95. The topological polar surface area (TPSA) is 326 Å². The van der Waals surface area contributed by atoms with Gasteiger partial charge in [0.2, 0.25) is 0 Å². The zero-order valence-electron chi connectivity index (χ0n) is 21.4. The molecule has 22 heteroatoms. The first kappa shape index (κ1) is 35.6. The normalized spacial score (nSPS) is 35.3. The summed E-state index contributed by atoms with van der Waals surface area (Å²) in [4.78, 5) is 15.4. The van der Waals surface area contributed by atoms with E-state index in [9.17, 15) is 47.2 Å². The maximum absolute atomic E-state index is 11.9. The van der Waals surface area contributed by atoms with E-state index in [2.05, 4.69) is 13.4 Å². The molecule has 2 aliphatic heterocycles. The van der Waals surface area contributed by atoms with Gasteiger partial charge in [-0.15, -0.1) is 0 Å². The fraction of sp³-hybridized carbons (Fsp3) is 0.895. The highest BCUT2D eigenvalue weighted by Crippen LogP contribution is 2.32. The van der Waals surface area contributed by atoms with Crippen LogP contribution in [0.4, 0.5) is 0 Å². The molecule has 0 amide bonds. The Bertz CT molecular complexity index is 1100. The molecule has 0 bridgehead atoms. The molecule has 0 radical (unpaired) electrons. The number of hydrogen-bond donors (Lipinski definition) is 6. The van der Waals surface area contributed by atoms with Gasteiger partial charge in [0.15, 0.2) is 12.6 Å². The molecule has 2 fully saturated rings. The van der Waals surface area contributed by atoms with E-state index >= 15 is 0 Å². The molecule has 2 rings (SSSR count). The van der Waals surface area contributed by atoms with Crippen LogP contribution in [0.2, 0.25) is 0 Å². The molecular weight excluding hydrogens is 608 g/mol. The summed E-state index contributed by atoms with van der Waals surface area (Å²) in [7, 11) is -10.6. The number of aliphatic carboxylic acids is 1. The van der Waals surface area contributed by atoms with Crippen molar-refractivity contribution >= 4 is 32.7 Å². The number of carbonyl (C=O) groups excluding carboxylic acids is 1. The predicted octanol–water partition coefficient (Wildman–Crippen LogP) is -6.05. The van der Waals surface area contributed by atoms with Crippen molar-refractivity contribution in [1.82, 2.24) is 0 Å². The van der Waals surface area contributed by atoms with Crippen LogP contribution in [-0.2, 0) is 52.9 Å². The number of aliphatic imine (C=N–C) groups is 1. The van der Waals surface area contributed by atoms with Crippen LogP contribution >= 0.6 is 0 Å². The summed E-state index contributed by atoms with van der Waals surface area (Å²) < 4.78 is 92.5. The molecule has 2 heterocycles. The maximum Gasteiger partial charge on any atom is 0.397 e. The summed E-state index contributed by atoms with van der Waals surface area (Å²) in [5.41, 5.74) is 5.40. The number of hydrogen-bond acceptors (Lipinski definition) is 18. The number of ether oxygens (including phenoxy) is 4. The summed E-state index contributed by atoms with van der Waals surface area (Å²) in [5.74, 6) is -2.97. The molecule has 7 N–H and O–H groups in total. The molecule has 0 aliphatic carbocycles. The van der Waals surface area contributed by atoms with Gasteiger partial charge in [0.1, 0.15) is 48.8 Å². The third-order valence-corrected chi connectivity index (χ3v) is 6.68. The molecule has 0 aromatic carbocycles. The highest BCUT2D eigenvalue weighted by atomic mass is 32.3. The summed E-state index contributed by atoms with van der Waals surface area (Å²) in [6, 6.07) is -1.97. The second-order valence-electron chi connectivity index (χ2n) is 8.92. The number of aliphatic hydroxyl groups excluding tert-OH is 3. The van der Waals surface area contributed by atoms with Crippen molar-refractivity contribution in [2.75, 3.05) is 19.8 Å². The summed E-state index contributed by atoms with van der Waals surface area (Å²) >= 11 is 0. The third-order valence-electron chi connectivity index (χ3n) is 5.78. The van der Waals surface area contributed by atoms with Crippen LogP contribution < -0.4 is 15.9 Å². The third kappa shape index (κ3) is 10.9. The van der Waals surface area contributed by atoms with Crippen molar-refractivity contribution in [2.24, 2.45) is 10.7 Å². The minimum Gasteiger partial charge on any atom is -0.862 e. The summed E-state index contributed by atoms with van der Waals surface area (Å²) in [5, 5.41) is 55.5. The van der Waals surface area contributed by atoms with Gasteiger partial charge in [-0.1, -0.05) is 0 Å². The van der Waals surface area contributed by atoms with Gasteiger partial charge in [-0.25, -0.2) is 8.37 Å². The molecule has 20 nitrogen and oxygen atoms in total. The lowest BCUT2D eigenvalue weighted by Crippen LogP contribution is -2.66. The lowest BCUT2D eigenvalue weighted by Gasteiger charge is -2.47. The number of carboxylic acid groups (broad SMARTS) is 1. The van der Waals surface area contributed by atoms with Crippen LogP contribution in [0.25, 0.3) is 0 Å². The molecule has 2 aliphatic rings. The summed E-state index contributed by atoms with van der Waals surface area (Å²) in [6.45, 7) is 0.0198. The molecule has 240 valence electrons. The van der Waals surface area contributed by atoms with Crippen LogP contribution in [0.3, 0.4) is 0 Å². The molecular formula is C19H32N2O18S2-2. The monoisotopic (exact) mass is 640 g/mol. The molecule has 2 saturated heterocycles. The molecule has 0 aromatic rings. The Hall–Kier alpha value is -1.64. The molecule has 10 atom stereocenters. The molecule has 0 unspecified atom stereocenters. The van der Waals surface area contributed by atoms with Gasteiger partial charge in [0.25, 0.3) is 0 Å². The van der Waals surface area contributed by atoms with Crippen molar-refractivity contribution < 1.29 is 83.6 Å². The molecule has 41 heavy (non-hydrogen) atoms. The fourth-order valence-electron chi connectivity index (χ4n) is 4.01. The van der Waals surface area contributed by atoms with Gasteiger partial charge in [0, 0.05) is 6.61 Å². The molecule has 0 saturated carbocycles. The van der Waals surface area contributed by atoms with Crippen LogP contribution in [-0.4, -0.2) is 134 Å². The van der Waals surface area contributed by atoms with Crippen molar-refractivity contribution in [3.8, 4) is 0 Å². The standard InChI is InChI=1S/C19H34N2O18S2/c1-8(22)21-10-11(23)14(39-41(31,32)33)9(7-35-40(28,29)30)36-18(10)37-15-12(24)13(25)19(38-16(15)17(26)27)34-6-4-2-3-5-20/h9-16,18-19,23-25H,2-7,20H2,1H3,(H,21,22)(H,26,27)(H,28,29,30)(H,31,32,33)/p-2/t9-,10-,11-,12-,13-,14+,15+,16+,18+,19-/m1/s1. The minimum atomic E-state index is -5.37. The Morgan fingerprint density at radius 1 is 0.927 bits per heavy atom. The Balaban J connectivity index is 2.35. The lowest BCUT2D eigenvalue weighted by molar-refractivity contribution is -0.367. The first-order valence-electron chi connectivity index (χ1n) is 12.0. The van der Waals surface area contributed by atoms with Gasteiger partial charge < -0.3 is 55.0 Å². The van der Waals surface area contributed by atoms with Gasteiger partial charge in [0.05, 0.1) is 12.6 Å². The van der Waals surface area contributed by atoms with E-state index in [4.69, 9.17) is 33.8 Å². The second-order valence-corrected chi connectivity index (χ2v) is 11.1. The van der Waals surface area contributed by atoms with Crippen LogP contribution in [0.5, 0.6) is 0 Å². The minimum absolute atomic E-state index is 0.0121. The number of carbonyl (C=O) groups is 1. The van der Waals surface area contributed by atoms with E-state index in [0.29, 0.717) is 25.8 Å².